The largest absolute Gasteiger partial charge is 0.697 e. The van der Waals surface area contributed by atoms with Crippen molar-refractivity contribution in [1.29, 1.82) is 0 Å². The highest BCUT2D eigenvalue weighted by Gasteiger charge is 2.27. The van der Waals surface area contributed by atoms with E-state index in [1.807, 2.05) is 41.5 Å². The van der Waals surface area contributed by atoms with Gasteiger partial charge in [-0.1, -0.05) is 53.7 Å². The number of rotatable bonds is 6. The molecule has 0 saturated heterocycles. The van der Waals surface area contributed by atoms with Gasteiger partial charge in [-0.3, -0.25) is 4.57 Å². The molecule has 162 valence electrons. The zero-order valence-corrected chi connectivity index (χ0v) is 19.9. The van der Waals surface area contributed by atoms with Crippen molar-refractivity contribution in [2.45, 2.75) is 72.4 Å². The van der Waals surface area contributed by atoms with Gasteiger partial charge in [0.1, 0.15) is 19.0 Å². The Kier molecular flexibility index (Phi) is 10.5. The third-order valence-corrected chi connectivity index (χ3v) is 5.36. The van der Waals surface area contributed by atoms with Crippen LogP contribution in [0.2, 0.25) is 0 Å². The SMILES string of the molecule is CC(C)(C)c1cc(CP(=O)(O)O)cc(C(C)(C)C)c1O.CCO[P+](=O)OCC. The predicted octanol–water partition coefficient (Wildman–Crippen LogP) is 5.38. The van der Waals surface area contributed by atoms with Gasteiger partial charge in [0.2, 0.25) is 0 Å². The number of phenolic OH excluding ortho intramolecular Hbond substituents is 1. The molecule has 0 heterocycles. The first-order valence-electron chi connectivity index (χ1n) is 9.17. The van der Waals surface area contributed by atoms with Gasteiger partial charge < -0.3 is 14.9 Å². The standard InChI is InChI=1S/C15H25O4P.C4H10O3P/c1-14(2,3)11-7-10(9-20(17,18)19)8-12(13(11)16)15(4,5)6;1-3-6-8(5)7-4-2/h7-8,16H,9H2,1-6H3,(H2,17,18,19);3-4H2,1-2H3/q;+1. The quantitative estimate of drug-likeness (QED) is 0.512. The van der Waals surface area contributed by atoms with Crippen LogP contribution in [-0.4, -0.2) is 28.1 Å². The lowest BCUT2D eigenvalue weighted by Gasteiger charge is -2.28. The molecule has 7 nitrogen and oxygen atoms in total. The number of hydrogen-bond donors (Lipinski definition) is 3. The summed E-state index contributed by atoms with van der Waals surface area (Å²) in [5.74, 6) is 0.222. The molecule has 0 radical (unpaired) electrons. The van der Waals surface area contributed by atoms with E-state index in [1.165, 1.54) is 0 Å². The third kappa shape index (κ3) is 10.1. The summed E-state index contributed by atoms with van der Waals surface area (Å²) in [5, 5.41) is 10.5. The first-order chi connectivity index (χ1) is 12.5. The molecule has 28 heavy (non-hydrogen) atoms. The number of phenols is 1. The molecule has 1 aromatic rings. The van der Waals surface area contributed by atoms with Gasteiger partial charge in [-0.25, -0.2) is 0 Å². The van der Waals surface area contributed by atoms with E-state index in [9.17, 15) is 24.0 Å². The van der Waals surface area contributed by atoms with Crippen LogP contribution in [0.1, 0.15) is 72.1 Å². The van der Waals surface area contributed by atoms with Crippen molar-refractivity contribution < 1.29 is 33.1 Å². The maximum atomic E-state index is 11.2. The molecule has 0 amide bonds. The smallest absolute Gasteiger partial charge is 0.507 e. The van der Waals surface area contributed by atoms with E-state index >= 15 is 0 Å². The maximum absolute atomic E-state index is 11.2. The lowest BCUT2D eigenvalue weighted by atomic mass is 9.78. The van der Waals surface area contributed by atoms with E-state index in [1.54, 1.807) is 26.0 Å². The Balaban J connectivity index is 0.000000769. The fraction of sp³-hybridized carbons (Fsp3) is 0.684. The number of benzene rings is 1. The highest BCUT2D eigenvalue weighted by atomic mass is 31.2. The van der Waals surface area contributed by atoms with Crippen LogP contribution >= 0.6 is 15.9 Å². The summed E-state index contributed by atoms with van der Waals surface area (Å²) in [4.78, 5) is 18.4. The minimum Gasteiger partial charge on any atom is -0.507 e. The summed E-state index contributed by atoms with van der Waals surface area (Å²) in [6.07, 6.45) is -0.306. The third-order valence-electron chi connectivity index (χ3n) is 3.64. The molecular weight excluding hydrogens is 402 g/mol. The van der Waals surface area contributed by atoms with Crippen LogP contribution in [0.25, 0.3) is 0 Å². The Labute approximate surface area is 169 Å². The zero-order valence-electron chi connectivity index (χ0n) is 18.1. The maximum Gasteiger partial charge on any atom is 0.697 e. The van der Waals surface area contributed by atoms with Crippen molar-refractivity contribution in [2.75, 3.05) is 13.2 Å². The van der Waals surface area contributed by atoms with E-state index in [0.29, 0.717) is 29.9 Å². The van der Waals surface area contributed by atoms with Crippen molar-refractivity contribution in [3.8, 4) is 5.75 Å². The van der Waals surface area contributed by atoms with Gasteiger partial charge >= 0.3 is 15.9 Å². The first kappa shape index (κ1) is 27.2. The van der Waals surface area contributed by atoms with Crippen LogP contribution in [0.5, 0.6) is 5.75 Å². The second kappa shape index (κ2) is 10.8. The molecular formula is C19H35O7P2+. The minimum atomic E-state index is -4.13. The van der Waals surface area contributed by atoms with Gasteiger partial charge in [0, 0.05) is 4.57 Å². The summed E-state index contributed by atoms with van der Waals surface area (Å²) in [5.41, 5.74) is 1.40. The van der Waals surface area contributed by atoms with E-state index in [2.05, 4.69) is 9.05 Å². The molecule has 9 heteroatoms. The van der Waals surface area contributed by atoms with Gasteiger partial charge in [-0.15, -0.1) is 9.05 Å². The lowest BCUT2D eigenvalue weighted by molar-refractivity contribution is 0.243. The van der Waals surface area contributed by atoms with E-state index in [4.69, 9.17) is 0 Å². The summed E-state index contributed by atoms with van der Waals surface area (Å²) in [6.45, 7) is 16.2. The van der Waals surface area contributed by atoms with Crippen LogP contribution in [0.15, 0.2) is 12.1 Å². The Morgan fingerprint density at radius 2 is 1.29 bits per heavy atom. The molecule has 1 aromatic carbocycles. The average molecular weight is 437 g/mol. The molecule has 1 rings (SSSR count). The van der Waals surface area contributed by atoms with Crippen molar-refractivity contribution in [3.05, 3.63) is 28.8 Å². The van der Waals surface area contributed by atoms with Crippen molar-refractivity contribution in [1.82, 2.24) is 0 Å². The van der Waals surface area contributed by atoms with Crippen LogP contribution in [0.4, 0.5) is 0 Å². The lowest BCUT2D eigenvalue weighted by Crippen LogP contribution is -2.18. The molecule has 0 bridgehead atoms. The topological polar surface area (TPSA) is 113 Å². The second-order valence-corrected chi connectivity index (χ2v) is 11.0. The average Bonchev–Trinajstić information content (AvgIpc) is 2.46. The first-order valence-corrected chi connectivity index (χ1v) is 12.1. The van der Waals surface area contributed by atoms with Crippen LogP contribution in [0, 0.1) is 0 Å². The molecule has 0 atom stereocenters. The fourth-order valence-corrected chi connectivity index (χ4v) is 3.57. The fourth-order valence-electron chi connectivity index (χ4n) is 2.41. The molecule has 0 saturated carbocycles. The van der Waals surface area contributed by atoms with Crippen LogP contribution in [0.3, 0.4) is 0 Å². The second-order valence-electron chi connectivity index (χ2n) is 8.42. The van der Waals surface area contributed by atoms with E-state index < -0.39 is 15.9 Å². The normalized spacial score (nSPS) is 12.4. The molecule has 0 fully saturated rings. The van der Waals surface area contributed by atoms with Crippen LogP contribution in [-0.2, 0) is 35.2 Å². The Morgan fingerprint density at radius 1 is 0.929 bits per heavy atom. The van der Waals surface area contributed by atoms with Crippen LogP contribution < -0.4 is 0 Å². The van der Waals surface area contributed by atoms with E-state index in [0.717, 1.165) is 0 Å². The number of hydrogen-bond acceptors (Lipinski definition) is 5. The summed E-state index contributed by atoms with van der Waals surface area (Å²) >= 11 is 0. The number of aromatic hydroxyl groups is 1. The Hall–Kier alpha value is -0.810. The molecule has 0 aromatic heterocycles. The van der Waals surface area contributed by atoms with Gasteiger partial charge in [0.15, 0.2) is 0 Å². The summed E-state index contributed by atoms with van der Waals surface area (Å²) in [7, 11) is -5.96. The van der Waals surface area contributed by atoms with Gasteiger partial charge in [0.05, 0.1) is 6.16 Å². The van der Waals surface area contributed by atoms with Gasteiger partial charge in [-0.05, 0) is 41.4 Å². The molecule has 0 unspecified atom stereocenters. The Bertz CT molecular complexity index is 654. The molecule has 0 spiro atoms. The zero-order chi connectivity index (χ0) is 22.3. The molecule has 0 aliphatic heterocycles. The van der Waals surface area contributed by atoms with Crippen molar-refractivity contribution in [3.63, 3.8) is 0 Å². The van der Waals surface area contributed by atoms with Gasteiger partial charge in [0.25, 0.3) is 0 Å². The molecule has 0 aliphatic carbocycles. The summed E-state index contributed by atoms with van der Waals surface area (Å²) in [6, 6.07) is 3.40. The highest BCUT2D eigenvalue weighted by molar-refractivity contribution is 7.50. The van der Waals surface area contributed by atoms with Gasteiger partial charge in [-0.2, -0.15) is 0 Å². The minimum absolute atomic E-state index is 0.222. The van der Waals surface area contributed by atoms with Crippen molar-refractivity contribution in [2.24, 2.45) is 0 Å². The predicted molar refractivity (Wildman–Crippen MR) is 112 cm³/mol. The summed E-state index contributed by atoms with van der Waals surface area (Å²) < 4.78 is 30.7. The van der Waals surface area contributed by atoms with E-state index in [-0.39, 0.29) is 22.7 Å². The monoisotopic (exact) mass is 437 g/mol. The highest BCUT2D eigenvalue weighted by Crippen LogP contribution is 2.44. The molecule has 3 N–H and O–H groups in total. The Morgan fingerprint density at radius 3 is 1.54 bits per heavy atom. The molecule has 0 aliphatic rings. The van der Waals surface area contributed by atoms with Crippen molar-refractivity contribution >= 4 is 15.9 Å².